The molecular weight excluding hydrogens is 358 g/mol. The molecule has 0 heterocycles. The summed E-state index contributed by atoms with van der Waals surface area (Å²) in [6.45, 7) is 0.935. The van der Waals surface area contributed by atoms with Gasteiger partial charge in [-0.3, -0.25) is 9.59 Å². The Hall–Kier alpha value is -2.86. The first kappa shape index (κ1) is 19.5. The Labute approximate surface area is 156 Å². The largest absolute Gasteiger partial charge is 0.481 e. The second-order valence-corrected chi connectivity index (χ2v) is 5.82. The van der Waals surface area contributed by atoms with E-state index in [4.69, 9.17) is 21.1 Å². The van der Waals surface area contributed by atoms with Crippen LogP contribution in [0.15, 0.2) is 48.5 Å². The molecule has 6 nitrogen and oxygen atoms in total. The van der Waals surface area contributed by atoms with Gasteiger partial charge in [-0.05, 0) is 30.7 Å². The summed E-state index contributed by atoms with van der Waals surface area (Å²) in [5.41, 5.74) is 1.09. The number of rotatable bonds is 8. The Kier molecular flexibility index (Phi) is 7.17. The molecule has 1 amide bonds. The van der Waals surface area contributed by atoms with Crippen molar-refractivity contribution in [2.75, 3.05) is 13.2 Å². The van der Waals surface area contributed by atoms with E-state index in [1.807, 2.05) is 6.07 Å². The molecule has 0 fully saturated rings. The van der Waals surface area contributed by atoms with E-state index in [2.05, 4.69) is 5.32 Å². The van der Waals surface area contributed by atoms with Crippen LogP contribution in [-0.2, 0) is 14.3 Å². The summed E-state index contributed by atoms with van der Waals surface area (Å²) in [7, 11) is 0. The number of carbonyl (C=O) groups excluding carboxylic acids is 3. The van der Waals surface area contributed by atoms with E-state index in [0.29, 0.717) is 16.9 Å². The highest BCUT2D eigenvalue weighted by Crippen LogP contribution is 2.22. The van der Waals surface area contributed by atoms with Gasteiger partial charge in [-0.2, -0.15) is 0 Å². The zero-order chi connectivity index (χ0) is 18.9. The van der Waals surface area contributed by atoms with Crippen molar-refractivity contribution in [3.63, 3.8) is 0 Å². The lowest BCUT2D eigenvalue weighted by atomic mass is 10.1. The molecule has 2 rings (SSSR count). The van der Waals surface area contributed by atoms with Gasteiger partial charge in [0.15, 0.2) is 19.5 Å². The Morgan fingerprint density at radius 2 is 1.81 bits per heavy atom. The monoisotopic (exact) mass is 375 g/mol. The van der Waals surface area contributed by atoms with Crippen LogP contribution in [-0.4, -0.2) is 31.4 Å². The topological polar surface area (TPSA) is 81.7 Å². The third-order valence-electron chi connectivity index (χ3n) is 3.50. The number of nitrogens with one attached hydrogen (secondary N) is 1. The molecule has 0 saturated carbocycles. The van der Waals surface area contributed by atoms with Crippen molar-refractivity contribution < 1.29 is 23.9 Å². The molecule has 2 aromatic rings. The fourth-order valence-electron chi connectivity index (χ4n) is 2.22. The van der Waals surface area contributed by atoms with Crippen LogP contribution in [0, 0.1) is 0 Å². The van der Waals surface area contributed by atoms with E-state index in [-0.39, 0.29) is 11.8 Å². The highest BCUT2D eigenvalue weighted by atomic mass is 35.5. The molecule has 0 unspecified atom stereocenters. The van der Waals surface area contributed by atoms with E-state index in [1.165, 1.54) is 0 Å². The molecule has 2 aromatic carbocycles. The van der Waals surface area contributed by atoms with Gasteiger partial charge in [0.25, 0.3) is 5.91 Å². The van der Waals surface area contributed by atoms with Crippen LogP contribution in [0.1, 0.15) is 28.9 Å². The van der Waals surface area contributed by atoms with Crippen molar-refractivity contribution in [2.45, 2.75) is 13.0 Å². The van der Waals surface area contributed by atoms with Crippen molar-refractivity contribution >= 4 is 29.8 Å². The summed E-state index contributed by atoms with van der Waals surface area (Å²) in [4.78, 5) is 34.5. The lowest BCUT2D eigenvalue weighted by Crippen LogP contribution is -2.32. The lowest BCUT2D eigenvalue weighted by Gasteiger charge is -2.15. The Morgan fingerprint density at radius 3 is 2.54 bits per heavy atom. The average molecular weight is 376 g/mol. The highest BCUT2D eigenvalue weighted by molar-refractivity contribution is 6.31. The molecule has 136 valence electrons. The zero-order valence-electron chi connectivity index (χ0n) is 14.1. The molecule has 0 aliphatic carbocycles. The first-order chi connectivity index (χ1) is 12.5. The number of esters is 1. The number of amides is 1. The van der Waals surface area contributed by atoms with Gasteiger partial charge in [0.1, 0.15) is 5.75 Å². The molecular formula is C19H18ClNO5. The minimum Gasteiger partial charge on any atom is -0.481 e. The average Bonchev–Trinajstić information content (AvgIpc) is 2.65. The van der Waals surface area contributed by atoms with Crippen LogP contribution in [0.4, 0.5) is 0 Å². The first-order valence-corrected chi connectivity index (χ1v) is 8.25. The van der Waals surface area contributed by atoms with Crippen LogP contribution in [0.5, 0.6) is 5.75 Å². The predicted octanol–water partition coefficient (Wildman–Crippen LogP) is 2.95. The van der Waals surface area contributed by atoms with E-state index in [0.717, 1.165) is 5.56 Å². The minimum absolute atomic E-state index is 0.274. The van der Waals surface area contributed by atoms with Gasteiger partial charge < -0.3 is 14.8 Å². The van der Waals surface area contributed by atoms with E-state index in [9.17, 15) is 14.4 Å². The third kappa shape index (κ3) is 5.60. The van der Waals surface area contributed by atoms with Crippen LogP contribution < -0.4 is 10.1 Å². The van der Waals surface area contributed by atoms with Gasteiger partial charge in [-0.1, -0.05) is 41.9 Å². The Balaban J connectivity index is 1.77. The maximum atomic E-state index is 11.9. The number of para-hydroxylation sites is 1. The van der Waals surface area contributed by atoms with Gasteiger partial charge in [-0.15, -0.1) is 0 Å². The van der Waals surface area contributed by atoms with Gasteiger partial charge >= 0.3 is 5.97 Å². The summed E-state index contributed by atoms with van der Waals surface area (Å²) >= 11 is 6.08. The van der Waals surface area contributed by atoms with Crippen LogP contribution in [0.3, 0.4) is 0 Å². The highest BCUT2D eigenvalue weighted by Gasteiger charge is 2.14. The van der Waals surface area contributed by atoms with E-state index >= 15 is 0 Å². The minimum atomic E-state index is -0.716. The second kappa shape index (κ2) is 9.58. The Morgan fingerprint density at radius 1 is 1.12 bits per heavy atom. The molecule has 7 heteroatoms. The standard InChI is InChI=1S/C19H18ClNO5/c1-13(15-7-3-4-8-16(15)20)21-18(23)11-26-19(24)12-25-17-9-5-2-6-14(17)10-22/h2-10,13H,11-12H2,1H3,(H,21,23)/t13-/m0/s1. The molecule has 26 heavy (non-hydrogen) atoms. The summed E-state index contributed by atoms with van der Waals surface area (Å²) in [5, 5.41) is 3.24. The second-order valence-electron chi connectivity index (χ2n) is 5.42. The Bertz CT molecular complexity index is 793. The van der Waals surface area contributed by atoms with Crippen molar-refractivity contribution in [1.29, 1.82) is 0 Å². The molecule has 0 spiro atoms. The SMILES string of the molecule is C[C@H](NC(=O)COC(=O)COc1ccccc1C=O)c1ccccc1Cl. The fourth-order valence-corrected chi connectivity index (χ4v) is 2.52. The van der Waals surface area contributed by atoms with Crippen molar-refractivity contribution in [1.82, 2.24) is 5.32 Å². The molecule has 1 atom stereocenters. The number of benzene rings is 2. The molecule has 0 saturated heterocycles. The van der Waals surface area contributed by atoms with Gasteiger partial charge in [0.05, 0.1) is 11.6 Å². The maximum absolute atomic E-state index is 11.9. The van der Waals surface area contributed by atoms with E-state index in [1.54, 1.807) is 49.4 Å². The fraction of sp³-hybridized carbons (Fsp3) is 0.211. The van der Waals surface area contributed by atoms with Gasteiger partial charge in [0, 0.05) is 5.02 Å². The molecule has 0 aliphatic heterocycles. The number of halogens is 1. The van der Waals surface area contributed by atoms with Crippen molar-refractivity contribution in [3.8, 4) is 5.75 Å². The van der Waals surface area contributed by atoms with Crippen LogP contribution in [0.2, 0.25) is 5.02 Å². The normalized spacial score (nSPS) is 11.3. The zero-order valence-corrected chi connectivity index (χ0v) is 14.9. The smallest absolute Gasteiger partial charge is 0.344 e. The van der Waals surface area contributed by atoms with Crippen LogP contribution >= 0.6 is 11.6 Å². The van der Waals surface area contributed by atoms with Gasteiger partial charge in [0.2, 0.25) is 0 Å². The molecule has 0 radical (unpaired) electrons. The number of hydrogen-bond donors (Lipinski definition) is 1. The molecule has 0 aromatic heterocycles. The van der Waals surface area contributed by atoms with E-state index < -0.39 is 25.1 Å². The summed E-state index contributed by atoms with van der Waals surface area (Å²) in [6.07, 6.45) is 0.629. The third-order valence-corrected chi connectivity index (χ3v) is 3.85. The summed E-state index contributed by atoms with van der Waals surface area (Å²) < 4.78 is 10.1. The quantitative estimate of drug-likeness (QED) is 0.566. The van der Waals surface area contributed by atoms with Crippen molar-refractivity contribution in [3.05, 3.63) is 64.7 Å². The number of hydrogen-bond acceptors (Lipinski definition) is 5. The molecule has 0 bridgehead atoms. The maximum Gasteiger partial charge on any atom is 0.344 e. The number of ether oxygens (including phenoxy) is 2. The summed E-state index contributed by atoms with van der Waals surface area (Å²) in [5.74, 6) is -0.901. The van der Waals surface area contributed by atoms with Gasteiger partial charge in [-0.25, -0.2) is 4.79 Å². The number of carbonyl (C=O) groups is 3. The number of aldehydes is 1. The van der Waals surface area contributed by atoms with Crippen molar-refractivity contribution in [2.24, 2.45) is 0 Å². The predicted molar refractivity (Wildman–Crippen MR) is 96.3 cm³/mol. The molecule has 1 N–H and O–H groups in total. The molecule has 0 aliphatic rings. The first-order valence-electron chi connectivity index (χ1n) is 7.87. The lowest BCUT2D eigenvalue weighted by molar-refractivity contribution is -0.150. The summed E-state index contributed by atoms with van der Waals surface area (Å²) in [6, 6.07) is 13.3. The van der Waals surface area contributed by atoms with Crippen LogP contribution in [0.25, 0.3) is 0 Å².